The minimum Gasteiger partial charge on any atom is -0.479 e. The second-order valence-corrected chi connectivity index (χ2v) is 13.5. The number of carbonyl (C=O) groups is 5. The van der Waals surface area contributed by atoms with Crippen LogP contribution >= 0.6 is 0 Å². The van der Waals surface area contributed by atoms with Crippen molar-refractivity contribution in [3.8, 4) is 0 Å². The summed E-state index contributed by atoms with van der Waals surface area (Å²) >= 11 is 0. The fraction of sp³-hybridized carbons (Fsp3) is 0.606. The first-order valence-corrected chi connectivity index (χ1v) is 15.9. The van der Waals surface area contributed by atoms with Crippen molar-refractivity contribution in [2.24, 2.45) is 5.92 Å². The first kappa shape index (κ1) is 32.3. The van der Waals surface area contributed by atoms with Gasteiger partial charge in [-0.15, -0.1) is 0 Å². The lowest BCUT2D eigenvalue weighted by Crippen LogP contribution is -2.56. The van der Waals surface area contributed by atoms with Crippen LogP contribution in [0.15, 0.2) is 36.4 Å². The highest BCUT2D eigenvalue weighted by atomic mass is 16.6. The van der Waals surface area contributed by atoms with Gasteiger partial charge >= 0.3 is 18.2 Å². The van der Waals surface area contributed by atoms with Gasteiger partial charge in [-0.1, -0.05) is 49.3 Å². The molecule has 12 nitrogen and oxygen atoms in total. The number of rotatable bonds is 3. The number of carboxylic acid groups (broad SMARTS) is 1. The van der Waals surface area contributed by atoms with Gasteiger partial charge in [0.1, 0.15) is 29.3 Å². The maximum Gasteiger partial charge on any atom is 0.410 e. The molecule has 3 N–H and O–H groups in total. The second kappa shape index (κ2) is 13.1. The maximum absolute atomic E-state index is 14.1. The van der Waals surface area contributed by atoms with Gasteiger partial charge in [-0.3, -0.25) is 9.59 Å². The van der Waals surface area contributed by atoms with E-state index < -0.39 is 59.3 Å². The Morgan fingerprint density at radius 2 is 1.84 bits per heavy atom. The number of allylic oxidation sites excluding steroid dienone is 1. The van der Waals surface area contributed by atoms with Crippen LogP contribution in [-0.2, 0) is 36.8 Å². The van der Waals surface area contributed by atoms with E-state index in [1.54, 1.807) is 25.7 Å². The molecule has 1 aromatic carbocycles. The molecule has 12 heteroatoms. The molecule has 1 saturated heterocycles. The van der Waals surface area contributed by atoms with Crippen LogP contribution in [0.3, 0.4) is 0 Å². The Labute approximate surface area is 263 Å². The highest BCUT2D eigenvalue weighted by Gasteiger charge is 2.61. The molecule has 0 spiro atoms. The number of nitrogens with zero attached hydrogens (tertiary/aromatic N) is 2. The molecule has 1 saturated carbocycles. The lowest BCUT2D eigenvalue weighted by molar-refractivity contribution is -0.145. The summed E-state index contributed by atoms with van der Waals surface area (Å²) in [6.45, 7) is 5.98. The zero-order valence-electron chi connectivity index (χ0n) is 26.3. The molecule has 45 heavy (non-hydrogen) atoms. The minimum atomic E-state index is -1.45. The smallest absolute Gasteiger partial charge is 0.410 e. The topological polar surface area (TPSA) is 155 Å². The highest BCUT2D eigenvalue weighted by molar-refractivity contribution is 5.96. The number of alkyl carbamates (subject to hydrolysis) is 1. The van der Waals surface area contributed by atoms with Gasteiger partial charge in [-0.2, -0.15) is 0 Å². The molecule has 0 aromatic heterocycles. The third-order valence-corrected chi connectivity index (χ3v) is 8.97. The van der Waals surface area contributed by atoms with Crippen LogP contribution < -0.4 is 10.6 Å². The molecule has 0 bridgehead atoms. The van der Waals surface area contributed by atoms with Crippen LogP contribution in [0.25, 0.3) is 0 Å². The van der Waals surface area contributed by atoms with Crippen molar-refractivity contribution in [1.29, 1.82) is 0 Å². The summed E-state index contributed by atoms with van der Waals surface area (Å²) in [7, 11) is 0. The Bertz CT molecular complexity index is 1360. The third-order valence-electron chi connectivity index (χ3n) is 8.97. The zero-order chi connectivity index (χ0) is 32.4. The summed E-state index contributed by atoms with van der Waals surface area (Å²) in [5.74, 6) is -2.62. The summed E-state index contributed by atoms with van der Waals surface area (Å²) < 4.78 is 11.3. The van der Waals surface area contributed by atoms with Crippen LogP contribution in [0.2, 0.25) is 0 Å². The molecule has 2 fully saturated rings. The van der Waals surface area contributed by atoms with E-state index in [0.29, 0.717) is 32.4 Å². The van der Waals surface area contributed by atoms with Gasteiger partial charge in [0.05, 0.1) is 6.54 Å². The lowest BCUT2D eigenvalue weighted by Gasteiger charge is -2.30. The lowest BCUT2D eigenvalue weighted by atomic mass is 10.0. The van der Waals surface area contributed by atoms with Gasteiger partial charge in [0.2, 0.25) is 11.8 Å². The summed E-state index contributed by atoms with van der Waals surface area (Å²) in [4.78, 5) is 69.1. The summed E-state index contributed by atoms with van der Waals surface area (Å²) in [5.41, 5.74) is -0.0144. The van der Waals surface area contributed by atoms with Crippen molar-refractivity contribution < 1.29 is 38.6 Å². The summed E-state index contributed by atoms with van der Waals surface area (Å²) in [5, 5.41) is 15.5. The number of carbonyl (C=O) groups excluding carboxylic acids is 4. The Balaban J connectivity index is 1.36. The highest BCUT2D eigenvalue weighted by Crippen LogP contribution is 2.45. The number of ether oxygens (including phenoxy) is 2. The number of benzene rings is 1. The molecule has 4 amide bonds. The van der Waals surface area contributed by atoms with E-state index >= 15 is 0 Å². The standard InChI is InChI=1S/C33H44N4O8/c1-32(2,3)45-30(42)34-25-14-8-6-4-5-7-13-23-18-33(23,29(40)41)35-27(38)26-17-24(20-37(26)28(25)39)44-31(43)36-16-15-21-11-9-10-12-22(21)19-36/h7,9-13,23-26H,4-6,8,14-20H2,1-3H3,(H,34,42)(H,35,38)(H,40,41)/b13-7-/t23-,24-,25+,26+,33+/m1/s1. The van der Waals surface area contributed by atoms with Crippen LogP contribution in [0, 0.1) is 5.92 Å². The molecule has 244 valence electrons. The fourth-order valence-electron chi connectivity index (χ4n) is 6.47. The second-order valence-electron chi connectivity index (χ2n) is 13.5. The van der Waals surface area contributed by atoms with Crippen LogP contribution in [0.4, 0.5) is 9.59 Å². The molecule has 0 unspecified atom stereocenters. The third kappa shape index (κ3) is 7.59. The largest absolute Gasteiger partial charge is 0.479 e. The quantitative estimate of drug-likeness (QED) is 0.432. The van der Waals surface area contributed by atoms with E-state index in [-0.39, 0.29) is 25.3 Å². The number of amides is 4. The van der Waals surface area contributed by atoms with Crippen molar-refractivity contribution in [3.05, 3.63) is 47.5 Å². The number of fused-ring (bicyclic) bond motifs is 3. The minimum absolute atomic E-state index is 0.00308. The van der Waals surface area contributed by atoms with E-state index in [9.17, 15) is 29.1 Å². The van der Waals surface area contributed by atoms with E-state index in [1.165, 1.54) is 10.5 Å². The maximum atomic E-state index is 14.1. The molecule has 5 rings (SSSR count). The number of hydrogen-bond acceptors (Lipinski definition) is 7. The molecular formula is C33H44N4O8. The fourth-order valence-corrected chi connectivity index (χ4v) is 6.47. The number of hydrogen-bond donors (Lipinski definition) is 3. The van der Waals surface area contributed by atoms with E-state index in [0.717, 1.165) is 24.8 Å². The summed E-state index contributed by atoms with van der Waals surface area (Å²) in [6.07, 6.45) is 5.97. The molecule has 4 aliphatic rings. The van der Waals surface area contributed by atoms with Crippen molar-refractivity contribution in [3.63, 3.8) is 0 Å². The first-order chi connectivity index (χ1) is 21.4. The van der Waals surface area contributed by atoms with Crippen LogP contribution in [-0.4, -0.2) is 87.3 Å². The first-order valence-electron chi connectivity index (χ1n) is 15.9. The molecule has 1 aliphatic carbocycles. The molecular weight excluding hydrogens is 580 g/mol. The van der Waals surface area contributed by atoms with E-state index in [2.05, 4.69) is 10.6 Å². The van der Waals surface area contributed by atoms with Crippen LogP contribution in [0.5, 0.6) is 0 Å². The SMILES string of the molecule is CC(C)(C)OC(=O)N[C@H]1CCCCC/C=C\[C@@H]2C[C@]2(C(=O)O)NC(=O)[C@@H]2C[C@@H](OC(=O)N3CCc4ccccc4C3)CN2C1=O. The number of carboxylic acids is 1. The van der Waals surface area contributed by atoms with Gasteiger partial charge < -0.3 is 35.0 Å². The Kier molecular flexibility index (Phi) is 9.41. The average molecular weight is 625 g/mol. The predicted molar refractivity (Wildman–Crippen MR) is 163 cm³/mol. The normalized spacial score (nSPS) is 29.5. The molecule has 3 heterocycles. The number of nitrogens with one attached hydrogen (secondary N) is 2. The van der Waals surface area contributed by atoms with Gasteiger partial charge in [0.15, 0.2) is 0 Å². The van der Waals surface area contributed by atoms with Crippen molar-refractivity contribution in [2.45, 2.75) is 108 Å². The Morgan fingerprint density at radius 3 is 2.58 bits per heavy atom. The van der Waals surface area contributed by atoms with E-state index in [4.69, 9.17) is 9.47 Å². The predicted octanol–water partition coefficient (Wildman–Crippen LogP) is 3.52. The molecule has 0 radical (unpaired) electrons. The van der Waals surface area contributed by atoms with Crippen LogP contribution in [0.1, 0.15) is 76.8 Å². The van der Waals surface area contributed by atoms with Crippen molar-refractivity contribution in [1.82, 2.24) is 20.4 Å². The number of aliphatic carboxylic acids is 1. The Morgan fingerprint density at radius 1 is 1.09 bits per heavy atom. The zero-order valence-corrected chi connectivity index (χ0v) is 26.3. The Hall–Kier alpha value is -4.09. The van der Waals surface area contributed by atoms with E-state index in [1.807, 2.05) is 36.4 Å². The van der Waals surface area contributed by atoms with Crippen molar-refractivity contribution >= 4 is 30.0 Å². The average Bonchev–Trinajstić information content (AvgIpc) is 3.51. The molecule has 5 atom stereocenters. The monoisotopic (exact) mass is 624 g/mol. The van der Waals surface area contributed by atoms with Gasteiger partial charge in [0, 0.05) is 25.4 Å². The van der Waals surface area contributed by atoms with Crippen molar-refractivity contribution in [2.75, 3.05) is 13.1 Å². The molecule has 1 aromatic rings. The van der Waals surface area contributed by atoms with Gasteiger partial charge in [0.25, 0.3) is 0 Å². The summed E-state index contributed by atoms with van der Waals surface area (Å²) in [6, 6.07) is 5.83. The molecule has 3 aliphatic heterocycles. The van der Waals surface area contributed by atoms with Gasteiger partial charge in [-0.05, 0) is 64.0 Å². The van der Waals surface area contributed by atoms with Gasteiger partial charge in [-0.25, -0.2) is 14.4 Å².